The summed E-state index contributed by atoms with van der Waals surface area (Å²) in [7, 11) is 1.67. The Bertz CT molecular complexity index is 1230. The topological polar surface area (TPSA) is 185 Å². The van der Waals surface area contributed by atoms with Crippen molar-refractivity contribution in [2.75, 3.05) is 16.8 Å². The second-order valence-corrected chi connectivity index (χ2v) is 9.86. The van der Waals surface area contributed by atoms with Gasteiger partial charge >= 0.3 is 5.97 Å². The number of tetrazole rings is 1. The highest BCUT2D eigenvalue weighted by molar-refractivity contribution is 8.01. The van der Waals surface area contributed by atoms with Crippen LogP contribution >= 0.6 is 23.5 Å². The van der Waals surface area contributed by atoms with Crippen LogP contribution in [-0.2, 0) is 26.2 Å². The Morgan fingerprint density at radius 2 is 2.14 bits per heavy atom. The molecular weight excluding hydrogens is 496 g/mol. The molecule has 3 atom stereocenters. The fourth-order valence-corrected chi connectivity index (χ4v) is 6.03. The number of carbonyl (C=O) groups excluding carboxylic acids is 3. The van der Waals surface area contributed by atoms with Crippen molar-refractivity contribution in [3.8, 4) is 0 Å². The zero-order valence-electron chi connectivity index (χ0n) is 18.7. The number of thioether (sulfide) groups is 2. The maximum absolute atomic E-state index is 12.9. The number of hydrogen-bond donors (Lipinski definition) is 4. The summed E-state index contributed by atoms with van der Waals surface area (Å²) in [4.78, 5) is 50.2. The third-order valence-corrected chi connectivity index (χ3v) is 7.79. The molecule has 1 saturated heterocycles. The first kappa shape index (κ1) is 24.7. The van der Waals surface area contributed by atoms with E-state index >= 15 is 0 Å². The van der Waals surface area contributed by atoms with Gasteiger partial charge in [0.2, 0.25) is 17.0 Å². The molecule has 4 rings (SSSR count). The van der Waals surface area contributed by atoms with Gasteiger partial charge in [0.15, 0.2) is 0 Å². The Hall–Kier alpha value is -3.43. The Balaban J connectivity index is 1.44. The van der Waals surface area contributed by atoms with E-state index in [1.807, 2.05) is 0 Å². The quantitative estimate of drug-likeness (QED) is 0.265. The van der Waals surface area contributed by atoms with Crippen LogP contribution in [0, 0.1) is 0 Å². The van der Waals surface area contributed by atoms with Crippen molar-refractivity contribution in [3.63, 3.8) is 0 Å². The van der Waals surface area contributed by atoms with Gasteiger partial charge in [-0.25, -0.2) is 9.48 Å². The number of β-lactam (4-membered cyclic amide) rings is 1. The lowest BCUT2D eigenvalue weighted by molar-refractivity contribution is -0.150. The summed E-state index contributed by atoms with van der Waals surface area (Å²) in [6, 6.07) is 4.56. The molecule has 35 heavy (non-hydrogen) atoms. The number of carbonyl (C=O) groups is 4. The Morgan fingerprint density at radius 1 is 1.37 bits per heavy atom. The number of hydrogen-bond acceptors (Lipinski definition) is 10. The molecule has 1 aromatic heterocycles. The molecule has 1 aromatic carbocycles. The molecule has 2 aliphatic heterocycles. The van der Waals surface area contributed by atoms with Gasteiger partial charge < -0.3 is 21.5 Å². The summed E-state index contributed by atoms with van der Waals surface area (Å²) in [6.07, 6.45) is 0. The predicted molar refractivity (Wildman–Crippen MR) is 127 cm³/mol. The highest BCUT2D eigenvalue weighted by Crippen LogP contribution is 2.41. The number of amides is 3. The van der Waals surface area contributed by atoms with Gasteiger partial charge in [-0.2, -0.15) is 0 Å². The minimum absolute atomic E-state index is 0.0841. The van der Waals surface area contributed by atoms with E-state index in [0.717, 1.165) is 0 Å². The molecular formula is C20H22N8O5S2. The van der Waals surface area contributed by atoms with E-state index < -0.39 is 35.2 Å². The van der Waals surface area contributed by atoms with E-state index in [1.165, 1.54) is 40.0 Å². The molecule has 3 amide bonds. The number of carboxylic acids is 1. The number of nitrogens with one attached hydrogen (secondary N) is 2. The molecule has 0 saturated carbocycles. The van der Waals surface area contributed by atoms with E-state index in [9.17, 15) is 24.3 Å². The van der Waals surface area contributed by atoms with Gasteiger partial charge in [0.05, 0.1) is 0 Å². The van der Waals surface area contributed by atoms with Crippen molar-refractivity contribution in [2.45, 2.75) is 29.5 Å². The van der Waals surface area contributed by atoms with Gasteiger partial charge in [-0.1, -0.05) is 23.9 Å². The van der Waals surface area contributed by atoms with Gasteiger partial charge in [0.1, 0.15) is 23.2 Å². The maximum atomic E-state index is 12.9. The average Bonchev–Trinajstić information content (AvgIpc) is 3.23. The number of aryl methyl sites for hydroxylation is 1. The minimum Gasteiger partial charge on any atom is -0.477 e. The molecule has 2 aromatic rings. The summed E-state index contributed by atoms with van der Waals surface area (Å²) >= 11 is 2.63. The Kier molecular flexibility index (Phi) is 7.09. The summed E-state index contributed by atoms with van der Waals surface area (Å²) in [6.45, 7) is 1.37. The molecule has 0 aliphatic carbocycles. The smallest absolute Gasteiger partial charge is 0.352 e. The van der Waals surface area contributed by atoms with Crippen LogP contribution in [0.3, 0.4) is 0 Å². The number of anilines is 1. The van der Waals surface area contributed by atoms with Crippen LogP contribution in [0.5, 0.6) is 0 Å². The largest absolute Gasteiger partial charge is 0.477 e. The van der Waals surface area contributed by atoms with Crippen LogP contribution in [-0.4, -0.2) is 76.8 Å². The molecule has 0 spiro atoms. The van der Waals surface area contributed by atoms with Crippen molar-refractivity contribution < 1.29 is 24.3 Å². The molecule has 3 heterocycles. The van der Waals surface area contributed by atoms with Crippen molar-refractivity contribution in [1.82, 2.24) is 30.4 Å². The lowest BCUT2D eigenvalue weighted by Gasteiger charge is -2.49. The average molecular weight is 519 g/mol. The zero-order valence-corrected chi connectivity index (χ0v) is 20.3. The molecule has 2 aliphatic rings. The highest BCUT2D eigenvalue weighted by Gasteiger charge is 2.54. The van der Waals surface area contributed by atoms with Crippen LogP contribution < -0.4 is 16.4 Å². The molecule has 184 valence electrons. The molecule has 15 heteroatoms. The number of nitrogens with two attached hydrogens (primary N) is 1. The summed E-state index contributed by atoms with van der Waals surface area (Å²) in [5.41, 5.74) is 7.52. The van der Waals surface area contributed by atoms with Gasteiger partial charge in [0, 0.05) is 31.2 Å². The third-order valence-electron chi connectivity index (χ3n) is 5.35. The van der Waals surface area contributed by atoms with E-state index in [0.29, 0.717) is 33.5 Å². The second kappa shape index (κ2) is 10.1. The number of carboxylic acid groups (broad SMARTS) is 1. The van der Waals surface area contributed by atoms with Gasteiger partial charge in [-0.15, -0.1) is 16.9 Å². The number of fused-ring (bicyclic) bond motifs is 1. The Labute approximate surface area is 207 Å². The van der Waals surface area contributed by atoms with Gasteiger partial charge in [0.25, 0.3) is 5.91 Å². The zero-order chi connectivity index (χ0) is 25.3. The normalized spacial score (nSPS) is 20.1. The monoisotopic (exact) mass is 518 g/mol. The minimum atomic E-state index is -1.22. The lowest BCUT2D eigenvalue weighted by Crippen LogP contribution is -2.71. The van der Waals surface area contributed by atoms with E-state index in [2.05, 4.69) is 26.2 Å². The first-order chi connectivity index (χ1) is 16.7. The van der Waals surface area contributed by atoms with Crippen LogP contribution in [0.4, 0.5) is 5.69 Å². The van der Waals surface area contributed by atoms with Crippen LogP contribution in [0.1, 0.15) is 18.5 Å². The molecule has 0 radical (unpaired) electrons. The number of benzene rings is 1. The first-order valence-electron chi connectivity index (χ1n) is 10.4. The summed E-state index contributed by atoms with van der Waals surface area (Å²) in [5.74, 6) is -1.91. The van der Waals surface area contributed by atoms with E-state index in [4.69, 9.17) is 5.73 Å². The van der Waals surface area contributed by atoms with Gasteiger partial charge in [-0.05, 0) is 33.7 Å². The maximum Gasteiger partial charge on any atom is 0.352 e. The summed E-state index contributed by atoms with van der Waals surface area (Å²) < 4.78 is 1.47. The Morgan fingerprint density at radius 3 is 2.80 bits per heavy atom. The van der Waals surface area contributed by atoms with Crippen molar-refractivity contribution >= 4 is 52.9 Å². The fraction of sp³-hybridized carbons (Fsp3) is 0.350. The SMILES string of the molecule is CC(=O)Nc1cccc(C(N)C(=O)NC2C(=O)N3C(C(=O)O)=C(CSc4nnnn4C)CS[C@H]23)c1. The highest BCUT2D eigenvalue weighted by atomic mass is 32.2. The number of nitrogens with zero attached hydrogens (tertiary/aromatic N) is 5. The summed E-state index contributed by atoms with van der Waals surface area (Å²) in [5, 5.41) is 26.2. The van der Waals surface area contributed by atoms with Crippen molar-refractivity contribution in [1.29, 1.82) is 0 Å². The lowest BCUT2D eigenvalue weighted by atomic mass is 10.0. The second-order valence-electron chi connectivity index (χ2n) is 7.81. The molecule has 2 unspecified atom stereocenters. The predicted octanol–water partition coefficient (Wildman–Crippen LogP) is -0.301. The third kappa shape index (κ3) is 5.01. The fourth-order valence-electron chi connectivity index (χ4n) is 3.70. The van der Waals surface area contributed by atoms with Crippen LogP contribution in [0.25, 0.3) is 0 Å². The molecule has 0 bridgehead atoms. The van der Waals surface area contributed by atoms with Crippen molar-refractivity contribution in [2.24, 2.45) is 12.8 Å². The molecule has 1 fully saturated rings. The molecule has 13 nitrogen and oxygen atoms in total. The number of aromatic nitrogens is 4. The van der Waals surface area contributed by atoms with Crippen LogP contribution in [0.15, 0.2) is 40.7 Å². The first-order valence-corrected chi connectivity index (χ1v) is 12.4. The van der Waals surface area contributed by atoms with Gasteiger partial charge in [-0.3, -0.25) is 19.3 Å². The van der Waals surface area contributed by atoms with E-state index in [1.54, 1.807) is 31.3 Å². The standard InChI is InChI=1S/C20H22N8O5S2/c1-9(29)22-12-5-3-4-10(6-12)13(21)16(30)23-14-17(31)28-15(19(32)33)11(7-34-18(14)28)8-35-20-24-25-26-27(20)2/h3-6,13-14,18H,7-8,21H2,1-2H3,(H,22,29)(H,23,30)(H,32,33)/t13?,14?,18-/m1/s1. The van der Waals surface area contributed by atoms with E-state index in [-0.39, 0.29) is 11.6 Å². The molecule has 5 N–H and O–H groups in total. The van der Waals surface area contributed by atoms with Crippen molar-refractivity contribution in [3.05, 3.63) is 41.1 Å². The van der Waals surface area contributed by atoms with Crippen LogP contribution in [0.2, 0.25) is 0 Å². The number of rotatable bonds is 8. The number of aliphatic carboxylic acids is 1.